The summed E-state index contributed by atoms with van der Waals surface area (Å²) >= 11 is 0. The number of fused-ring (bicyclic) bond motifs is 2. The first-order valence-corrected chi connectivity index (χ1v) is 28.7. The molecule has 6 N–H and O–H groups in total. The minimum absolute atomic E-state index is 0.0289. The number of benzene rings is 5. The van der Waals surface area contributed by atoms with Crippen LogP contribution in [-0.4, -0.2) is 153 Å². The average molecular weight is 1140 g/mol. The first-order chi connectivity index (χ1) is 40.0. The molecule has 20 heteroatoms. The number of morpholine rings is 1. The number of nitrogens with one attached hydrogen (secondary N) is 6. The van der Waals surface area contributed by atoms with Gasteiger partial charge in [-0.3, -0.25) is 38.6 Å². The van der Waals surface area contributed by atoms with Gasteiger partial charge in [0.05, 0.1) is 36.9 Å². The van der Waals surface area contributed by atoms with Gasteiger partial charge < -0.3 is 51.2 Å². The van der Waals surface area contributed by atoms with Crippen LogP contribution in [0.15, 0.2) is 109 Å². The molecule has 83 heavy (non-hydrogen) atoms. The van der Waals surface area contributed by atoms with Crippen molar-refractivity contribution in [1.82, 2.24) is 30.7 Å². The highest BCUT2D eigenvalue weighted by atomic mass is 19.1. The molecule has 0 aliphatic carbocycles. The summed E-state index contributed by atoms with van der Waals surface area (Å²) in [5.74, 6) is -3.97. The Balaban J connectivity index is 0.822. The molecule has 5 heterocycles. The summed E-state index contributed by atoms with van der Waals surface area (Å²) < 4.78 is 40.8. The lowest BCUT2D eigenvalue weighted by molar-refractivity contribution is -0.144. The van der Waals surface area contributed by atoms with Crippen LogP contribution in [0.3, 0.4) is 0 Å². The molecular formula is C63H74F2N10O8. The molecule has 18 nitrogen and oxygen atoms in total. The fraction of sp³-hybridized carbons (Fsp3) is 0.429. The second kappa shape index (κ2) is 25.6. The van der Waals surface area contributed by atoms with Crippen molar-refractivity contribution in [3.05, 3.63) is 154 Å². The van der Waals surface area contributed by atoms with Crippen LogP contribution in [0.2, 0.25) is 0 Å². The van der Waals surface area contributed by atoms with Crippen molar-refractivity contribution in [1.29, 1.82) is 0 Å². The summed E-state index contributed by atoms with van der Waals surface area (Å²) in [6, 6.07) is 27.2. The number of rotatable bonds is 17. The molecule has 2 unspecified atom stereocenters. The minimum Gasteiger partial charge on any atom is -0.381 e. The van der Waals surface area contributed by atoms with Gasteiger partial charge in [0.1, 0.15) is 23.7 Å². The quantitative estimate of drug-likeness (QED) is 0.0637. The Morgan fingerprint density at radius 1 is 0.807 bits per heavy atom. The molecule has 0 saturated carbocycles. The van der Waals surface area contributed by atoms with Crippen molar-refractivity contribution in [2.45, 2.75) is 95.2 Å². The Kier molecular flexibility index (Phi) is 18.1. The van der Waals surface area contributed by atoms with Gasteiger partial charge in [-0.2, -0.15) is 0 Å². The molecule has 0 bridgehead atoms. The van der Waals surface area contributed by atoms with Crippen molar-refractivity contribution in [2.24, 2.45) is 5.92 Å². The van der Waals surface area contributed by atoms with Gasteiger partial charge in [0.2, 0.25) is 23.6 Å². The fourth-order valence-corrected chi connectivity index (χ4v) is 12.1. The molecule has 438 valence electrons. The van der Waals surface area contributed by atoms with E-state index in [2.05, 4.69) is 55.5 Å². The predicted octanol–water partition coefficient (Wildman–Crippen LogP) is 5.98. The highest BCUT2D eigenvalue weighted by Gasteiger charge is 2.48. The second-order valence-corrected chi connectivity index (χ2v) is 23.0. The molecule has 5 aromatic carbocycles. The molecular weight excluding hydrogens is 1060 g/mol. The van der Waals surface area contributed by atoms with Crippen LogP contribution in [0, 0.1) is 17.6 Å². The van der Waals surface area contributed by atoms with E-state index in [-0.39, 0.29) is 78.5 Å². The molecule has 3 saturated heterocycles. The summed E-state index contributed by atoms with van der Waals surface area (Å²) in [6.07, 6.45) is 1.55. The van der Waals surface area contributed by atoms with Crippen LogP contribution in [0.25, 0.3) is 0 Å². The van der Waals surface area contributed by atoms with Gasteiger partial charge in [-0.1, -0.05) is 48.5 Å². The van der Waals surface area contributed by atoms with Crippen LogP contribution in [0.1, 0.15) is 84.8 Å². The Hall–Kier alpha value is -7.46. The Morgan fingerprint density at radius 3 is 2.27 bits per heavy atom. The lowest BCUT2D eigenvalue weighted by Gasteiger charge is -2.43. The number of hydrogen-bond acceptors (Lipinski definition) is 12. The van der Waals surface area contributed by atoms with Gasteiger partial charge >= 0.3 is 0 Å². The molecule has 6 amide bonds. The van der Waals surface area contributed by atoms with Gasteiger partial charge in [0.15, 0.2) is 0 Å². The zero-order chi connectivity index (χ0) is 58.5. The maximum atomic E-state index is 15.7. The van der Waals surface area contributed by atoms with Crippen molar-refractivity contribution < 1.29 is 47.0 Å². The maximum Gasteiger partial charge on any atom is 0.255 e. The Morgan fingerprint density at radius 2 is 1.53 bits per heavy atom. The van der Waals surface area contributed by atoms with Gasteiger partial charge in [0, 0.05) is 93.2 Å². The molecule has 0 radical (unpaired) electrons. The highest BCUT2D eigenvalue weighted by molar-refractivity contribution is 6.08. The first kappa shape index (κ1) is 58.7. The molecule has 5 aromatic rings. The zero-order valence-electron chi connectivity index (χ0n) is 47.6. The predicted molar refractivity (Wildman–Crippen MR) is 312 cm³/mol. The topological polar surface area (TPSA) is 206 Å². The van der Waals surface area contributed by atoms with Gasteiger partial charge in [-0.05, 0) is 148 Å². The SMILES string of the molecule is CN[C@@H](C)C(=O)NC(C(=O)N1Cc2ccccc2[C@H]1C(=O)Nc1cc(C(=O)Nc2ccc(NC(=O)C3(C)CN(C(=O)CN4C[C@@H](C)NC[C@@H]4CN4CCOC[C@H]4C)c4cc(Cc5ccc(F)cc5)ccc43)cc2)ccc1F)C1CCOCC1. The average Bonchev–Trinajstić information content (AvgIpc) is 2.81. The number of carbonyl (C=O) groups is 6. The fourth-order valence-electron chi connectivity index (χ4n) is 12.1. The van der Waals surface area contributed by atoms with E-state index in [1.165, 1.54) is 29.2 Å². The number of carbonyl (C=O) groups excluding carboxylic acids is 6. The zero-order valence-corrected chi connectivity index (χ0v) is 47.6. The van der Waals surface area contributed by atoms with Gasteiger partial charge in [-0.15, -0.1) is 0 Å². The molecule has 10 rings (SSSR count). The highest BCUT2D eigenvalue weighted by Crippen LogP contribution is 2.43. The summed E-state index contributed by atoms with van der Waals surface area (Å²) in [5.41, 5.74) is 3.80. The van der Waals surface area contributed by atoms with Crippen molar-refractivity contribution >= 4 is 58.2 Å². The first-order valence-electron chi connectivity index (χ1n) is 28.7. The van der Waals surface area contributed by atoms with Crippen molar-refractivity contribution in [3.63, 3.8) is 0 Å². The third-order valence-corrected chi connectivity index (χ3v) is 17.1. The summed E-state index contributed by atoms with van der Waals surface area (Å²) in [6.45, 7) is 13.3. The third-order valence-electron chi connectivity index (χ3n) is 17.1. The van der Waals surface area contributed by atoms with E-state index in [4.69, 9.17) is 9.47 Å². The lowest BCUT2D eigenvalue weighted by atomic mass is 9.83. The van der Waals surface area contributed by atoms with E-state index in [1.54, 1.807) is 73.5 Å². The van der Waals surface area contributed by atoms with Crippen LogP contribution in [-0.2, 0) is 51.8 Å². The van der Waals surface area contributed by atoms with E-state index in [9.17, 15) is 33.2 Å². The maximum absolute atomic E-state index is 15.7. The normalized spacial score (nSPS) is 22.7. The smallest absolute Gasteiger partial charge is 0.255 e. The number of nitrogens with zero attached hydrogens (tertiary/aromatic N) is 4. The van der Waals surface area contributed by atoms with E-state index in [0.717, 1.165) is 42.4 Å². The second-order valence-electron chi connectivity index (χ2n) is 23.0. The third kappa shape index (κ3) is 13.2. The summed E-state index contributed by atoms with van der Waals surface area (Å²) in [7, 11) is 1.65. The van der Waals surface area contributed by atoms with E-state index in [0.29, 0.717) is 80.4 Å². The molecule has 7 atom stereocenters. The Labute approximate surface area is 483 Å². The number of piperazine rings is 1. The molecule has 5 aliphatic heterocycles. The number of hydrogen-bond donors (Lipinski definition) is 6. The number of likely N-dealkylation sites (N-methyl/N-ethyl adjacent to an activating group) is 1. The van der Waals surface area contributed by atoms with Gasteiger partial charge in [0.25, 0.3) is 11.8 Å². The van der Waals surface area contributed by atoms with Crippen molar-refractivity contribution in [2.75, 3.05) is 93.6 Å². The largest absolute Gasteiger partial charge is 0.381 e. The van der Waals surface area contributed by atoms with E-state index in [1.807, 2.05) is 31.2 Å². The number of amides is 6. The minimum atomic E-state index is -1.18. The molecule has 3 fully saturated rings. The van der Waals surface area contributed by atoms with Gasteiger partial charge in [-0.25, -0.2) is 8.78 Å². The van der Waals surface area contributed by atoms with Crippen molar-refractivity contribution in [3.8, 4) is 0 Å². The molecule has 0 spiro atoms. The number of ether oxygens (including phenoxy) is 2. The monoisotopic (exact) mass is 1140 g/mol. The van der Waals surface area contributed by atoms with Crippen LogP contribution in [0.5, 0.6) is 0 Å². The van der Waals surface area contributed by atoms with E-state index < -0.39 is 47.1 Å². The number of halogens is 2. The number of anilines is 4. The van der Waals surface area contributed by atoms with Crippen LogP contribution < -0.4 is 36.8 Å². The van der Waals surface area contributed by atoms with Crippen LogP contribution in [0.4, 0.5) is 31.5 Å². The standard InChI is InChI=1S/C63H74F2N10O8/c1-38-32-73(49(31-67-38)34-72-24-27-83-36-39(72)2)35-55(76)75-37-63(4,51-20-12-42(29-54(51)75)28-41-10-14-46(64)15-11-41)62(81)69-48-18-16-47(17-19-48)68-59(78)44-13-21-52(65)53(30-44)70-60(79)57-50-9-7-6-8-45(50)33-74(57)61(80)56(43-22-25-82-26-23-43)71-58(77)40(3)66-5/h6-21,29-30,38-40,43,49,56-57,66-67H,22-28,31-37H2,1-5H3,(H,68,78)(H,69,81)(H,70,79)(H,71,77)/t38-,39-,40+,49-,56?,57+,63?/m1/s1. The van der Waals surface area contributed by atoms with Crippen LogP contribution >= 0.6 is 0 Å². The Bertz CT molecular complexity index is 3220. The van der Waals surface area contributed by atoms with E-state index >= 15 is 4.39 Å². The molecule has 0 aromatic heterocycles. The summed E-state index contributed by atoms with van der Waals surface area (Å²) in [4.78, 5) is 93.3. The lowest BCUT2D eigenvalue weighted by Crippen LogP contribution is -2.62. The summed E-state index contributed by atoms with van der Waals surface area (Å²) in [5, 5.41) is 18.0. The molecule has 5 aliphatic rings.